The summed E-state index contributed by atoms with van der Waals surface area (Å²) in [7, 11) is 0. The van der Waals surface area contributed by atoms with Crippen LogP contribution in [-0.2, 0) is 6.18 Å². The van der Waals surface area contributed by atoms with Crippen molar-refractivity contribution in [1.29, 1.82) is 0 Å². The molecule has 1 aromatic carbocycles. The molecule has 2 heterocycles. The van der Waals surface area contributed by atoms with Gasteiger partial charge in [0.2, 0.25) is 0 Å². The number of alkyl halides is 3. The number of piperidine rings is 1. The summed E-state index contributed by atoms with van der Waals surface area (Å²) in [5.41, 5.74) is -0.871. The van der Waals surface area contributed by atoms with Crippen LogP contribution in [0.15, 0.2) is 48.8 Å². The first-order chi connectivity index (χ1) is 13.3. The van der Waals surface area contributed by atoms with E-state index >= 15 is 0 Å². The number of likely N-dealkylation sites (tertiary alicyclic amines) is 1. The lowest BCUT2D eigenvalue weighted by atomic mass is 10.0. The summed E-state index contributed by atoms with van der Waals surface area (Å²) in [4.78, 5) is 30.7. The minimum atomic E-state index is -4.60. The van der Waals surface area contributed by atoms with Crippen LogP contribution in [0.2, 0.25) is 0 Å². The van der Waals surface area contributed by atoms with E-state index in [1.54, 1.807) is 18.3 Å². The van der Waals surface area contributed by atoms with Gasteiger partial charge in [-0.25, -0.2) is 0 Å². The fourth-order valence-electron chi connectivity index (χ4n) is 4.23. The van der Waals surface area contributed by atoms with Crippen LogP contribution in [0.3, 0.4) is 0 Å². The molecule has 8 heteroatoms. The lowest BCUT2D eigenvalue weighted by Crippen LogP contribution is -2.52. The smallest absolute Gasteiger partial charge is 0.347 e. The van der Waals surface area contributed by atoms with Crippen molar-refractivity contribution in [2.45, 2.75) is 31.1 Å². The van der Waals surface area contributed by atoms with Crippen LogP contribution in [0.25, 0.3) is 0 Å². The Labute approximate surface area is 159 Å². The van der Waals surface area contributed by atoms with Gasteiger partial charge in [0.15, 0.2) is 0 Å². The number of nitrogens with zero attached hydrogens (tertiary/aromatic N) is 2. The van der Waals surface area contributed by atoms with Gasteiger partial charge < -0.3 is 10.2 Å². The molecule has 2 bridgehead atoms. The summed E-state index contributed by atoms with van der Waals surface area (Å²) in [6.45, 7) is 0.412. The van der Waals surface area contributed by atoms with Crippen LogP contribution < -0.4 is 5.32 Å². The van der Waals surface area contributed by atoms with Crippen molar-refractivity contribution in [3.05, 3.63) is 65.5 Å². The van der Waals surface area contributed by atoms with Crippen molar-refractivity contribution >= 4 is 11.8 Å². The number of pyridine rings is 1. The topological polar surface area (TPSA) is 62.3 Å². The second-order valence-corrected chi connectivity index (χ2v) is 7.23. The Balaban J connectivity index is 1.53. The van der Waals surface area contributed by atoms with Gasteiger partial charge in [-0.15, -0.1) is 0 Å². The predicted octanol–water partition coefficient (Wildman–Crippen LogP) is 3.13. The van der Waals surface area contributed by atoms with Crippen LogP contribution in [0, 0.1) is 5.92 Å². The maximum Gasteiger partial charge on any atom is 0.417 e. The van der Waals surface area contributed by atoms with E-state index in [0.717, 1.165) is 6.07 Å². The first-order valence-electron chi connectivity index (χ1n) is 9.02. The highest BCUT2D eigenvalue weighted by molar-refractivity contribution is 5.97. The molecule has 3 atom stereocenters. The van der Waals surface area contributed by atoms with Crippen LogP contribution in [0.5, 0.6) is 0 Å². The number of aromatic nitrogens is 1. The average molecular weight is 389 g/mol. The molecule has 1 N–H and O–H groups in total. The molecule has 28 heavy (non-hydrogen) atoms. The number of amides is 2. The van der Waals surface area contributed by atoms with Gasteiger partial charge >= 0.3 is 6.18 Å². The molecule has 1 saturated heterocycles. The number of carbonyl (C=O) groups is 2. The number of hydrogen-bond acceptors (Lipinski definition) is 3. The predicted molar refractivity (Wildman–Crippen MR) is 94.5 cm³/mol. The number of carbonyl (C=O) groups excluding carboxylic acids is 2. The van der Waals surface area contributed by atoms with E-state index in [2.05, 4.69) is 10.3 Å². The van der Waals surface area contributed by atoms with Crippen molar-refractivity contribution in [3.8, 4) is 0 Å². The van der Waals surface area contributed by atoms with Gasteiger partial charge in [-0.05, 0) is 43.0 Å². The second kappa shape index (κ2) is 6.92. The molecular weight excluding hydrogens is 371 g/mol. The molecule has 4 rings (SSSR count). The lowest BCUT2D eigenvalue weighted by Gasteiger charge is -2.34. The van der Waals surface area contributed by atoms with Crippen molar-refractivity contribution < 1.29 is 22.8 Å². The van der Waals surface area contributed by atoms with Crippen LogP contribution in [0.4, 0.5) is 13.2 Å². The molecule has 1 aromatic heterocycles. The molecule has 2 fully saturated rings. The molecule has 0 spiro atoms. The van der Waals surface area contributed by atoms with E-state index in [1.165, 1.54) is 29.3 Å². The summed E-state index contributed by atoms with van der Waals surface area (Å²) in [6, 6.07) is 7.53. The van der Waals surface area contributed by atoms with E-state index in [-0.39, 0.29) is 29.5 Å². The standard InChI is InChI=1S/C20H18F3N3O2/c21-20(22,23)15-6-2-1-5-14(15)19(28)26-11-12-8-16(17(26)9-12)25-18(27)13-4-3-7-24-10-13/h1-7,10,12,16-17H,8-9,11H2,(H,25,27)/t12-,16+,17-/m1/s1. The summed E-state index contributed by atoms with van der Waals surface area (Å²) in [6.07, 6.45) is -0.198. The molecule has 2 amide bonds. The average Bonchev–Trinajstić information content (AvgIpc) is 3.28. The number of fused-ring (bicyclic) bond motifs is 2. The number of nitrogens with one attached hydrogen (secondary N) is 1. The molecule has 0 radical (unpaired) electrons. The van der Waals surface area contributed by atoms with Gasteiger partial charge in [0.1, 0.15) is 0 Å². The normalized spacial score (nSPS) is 23.7. The first kappa shape index (κ1) is 18.5. The molecule has 1 saturated carbocycles. The number of hydrogen-bond donors (Lipinski definition) is 1. The van der Waals surface area contributed by atoms with Gasteiger partial charge in [-0.1, -0.05) is 12.1 Å². The number of benzene rings is 1. The van der Waals surface area contributed by atoms with Gasteiger partial charge in [0.25, 0.3) is 11.8 Å². The van der Waals surface area contributed by atoms with Crippen LogP contribution in [0.1, 0.15) is 39.1 Å². The summed E-state index contributed by atoms with van der Waals surface area (Å²) in [5, 5.41) is 2.91. The van der Waals surface area contributed by atoms with E-state index in [4.69, 9.17) is 0 Å². The fourth-order valence-corrected chi connectivity index (χ4v) is 4.23. The van der Waals surface area contributed by atoms with Gasteiger partial charge in [-0.3, -0.25) is 14.6 Å². The van der Waals surface area contributed by atoms with E-state index < -0.39 is 17.6 Å². The zero-order chi connectivity index (χ0) is 19.9. The maximum atomic E-state index is 13.3. The van der Waals surface area contributed by atoms with Crippen molar-refractivity contribution in [2.75, 3.05) is 6.54 Å². The zero-order valence-corrected chi connectivity index (χ0v) is 14.8. The summed E-state index contributed by atoms with van der Waals surface area (Å²) < 4.78 is 39.9. The van der Waals surface area contributed by atoms with Crippen molar-refractivity contribution in [1.82, 2.24) is 15.2 Å². The van der Waals surface area contributed by atoms with E-state index in [0.29, 0.717) is 24.9 Å². The molecule has 2 aromatic rings. The SMILES string of the molecule is O=C(N[C@H]1C[C@@H]2C[C@H]1N(C(=O)c1ccccc1C(F)(F)F)C2)c1cccnc1. The Bertz CT molecular complexity index is 901. The van der Waals surface area contributed by atoms with Gasteiger partial charge in [-0.2, -0.15) is 13.2 Å². The minimum Gasteiger partial charge on any atom is -0.347 e. The van der Waals surface area contributed by atoms with E-state index in [1.807, 2.05) is 0 Å². The number of halogens is 3. The monoisotopic (exact) mass is 389 g/mol. The minimum absolute atomic E-state index is 0.172. The largest absolute Gasteiger partial charge is 0.417 e. The van der Waals surface area contributed by atoms with Crippen molar-refractivity contribution in [2.24, 2.45) is 5.92 Å². The van der Waals surface area contributed by atoms with Gasteiger partial charge in [0, 0.05) is 25.0 Å². The third-order valence-electron chi connectivity index (χ3n) is 5.45. The summed E-state index contributed by atoms with van der Waals surface area (Å²) in [5.74, 6) is -0.763. The highest BCUT2D eigenvalue weighted by atomic mass is 19.4. The quantitative estimate of drug-likeness (QED) is 0.877. The first-order valence-corrected chi connectivity index (χ1v) is 9.02. The maximum absolute atomic E-state index is 13.3. The van der Waals surface area contributed by atoms with Crippen molar-refractivity contribution in [3.63, 3.8) is 0 Å². The Morgan fingerprint density at radius 2 is 1.89 bits per heavy atom. The Kier molecular flexibility index (Phi) is 4.56. The highest BCUT2D eigenvalue weighted by Crippen LogP contribution is 2.40. The molecule has 0 unspecified atom stereocenters. The summed E-state index contributed by atoms with van der Waals surface area (Å²) >= 11 is 0. The second-order valence-electron chi connectivity index (χ2n) is 7.23. The Morgan fingerprint density at radius 3 is 2.57 bits per heavy atom. The zero-order valence-electron chi connectivity index (χ0n) is 14.8. The van der Waals surface area contributed by atoms with E-state index in [9.17, 15) is 22.8 Å². The molecule has 5 nitrogen and oxygen atoms in total. The lowest BCUT2D eigenvalue weighted by molar-refractivity contribution is -0.138. The van der Waals surface area contributed by atoms with Crippen LogP contribution >= 0.6 is 0 Å². The van der Waals surface area contributed by atoms with Crippen LogP contribution in [-0.4, -0.2) is 40.3 Å². The van der Waals surface area contributed by atoms with Gasteiger partial charge in [0.05, 0.1) is 22.7 Å². The molecular formula is C20H18F3N3O2. The fraction of sp³-hybridized carbons (Fsp3) is 0.350. The highest BCUT2D eigenvalue weighted by Gasteiger charge is 2.48. The molecule has 1 aliphatic heterocycles. The Hall–Kier alpha value is -2.90. The molecule has 1 aliphatic carbocycles. The third kappa shape index (κ3) is 3.34. The molecule has 2 aliphatic rings. The molecule has 146 valence electrons. The number of rotatable bonds is 3. The third-order valence-corrected chi connectivity index (χ3v) is 5.45. The Morgan fingerprint density at radius 1 is 1.11 bits per heavy atom.